The van der Waals surface area contributed by atoms with Gasteiger partial charge in [-0.2, -0.15) is 0 Å². The van der Waals surface area contributed by atoms with E-state index in [1.54, 1.807) is 25.4 Å². The van der Waals surface area contributed by atoms with Crippen molar-refractivity contribution in [1.29, 1.82) is 0 Å². The second kappa shape index (κ2) is 9.01. The highest BCUT2D eigenvalue weighted by atomic mass is 79.9. The number of methoxy groups -OCH3 is 2. The molecule has 31 heavy (non-hydrogen) atoms. The third kappa shape index (κ3) is 4.12. The van der Waals surface area contributed by atoms with Gasteiger partial charge in [0.25, 0.3) is 5.91 Å². The first-order valence-electron chi connectivity index (χ1n) is 9.95. The highest BCUT2D eigenvalue weighted by Gasteiger charge is 2.39. The van der Waals surface area contributed by atoms with Gasteiger partial charge in [-0.3, -0.25) is 9.59 Å². The van der Waals surface area contributed by atoms with Gasteiger partial charge < -0.3 is 24.4 Å². The minimum absolute atomic E-state index is 0.238. The first-order valence-corrected chi connectivity index (χ1v) is 11.1. The molecule has 0 aromatic heterocycles. The summed E-state index contributed by atoms with van der Waals surface area (Å²) in [7, 11) is 3.13. The second-order valence-electron chi connectivity index (χ2n) is 7.25. The summed E-state index contributed by atoms with van der Waals surface area (Å²) in [6, 6.07) is 10.2. The van der Waals surface area contributed by atoms with Crippen LogP contribution in [0.1, 0.15) is 28.8 Å². The van der Waals surface area contributed by atoms with E-state index in [0.717, 1.165) is 28.6 Å². The molecule has 2 aliphatic heterocycles. The third-order valence-corrected chi connectivity index (χ3v) is 5.91. The molecule has 0 radical (unpaired) electrons. The minimum Gasteiger partial charge on any atom is -0.497 e. The average Bonchev–Trinajstić information content (AvgIpc) is 3.21. The van der Waals surface area contributed by atoms with Crippen LogP contribution in [0.2, 0.25) is 0 Å². The van der Waals surface area contributed by atoms with E-state index in [2.05, 4.69) is 21.2 Å². The van der Waals surface area contributed by atoms with Crippen molar-refractivity contribution in [2.75, 3.05) is 31.5 Å². The number of benzene rings is 2. The first kappa shape index (κ1) is 21.2. The van der Waals surface area contributed by atoms with Crippen molar-refractivity contribution < 1.29 is 23.8 Å². The van der Waals surface area contributed by atoms with Crippen molar-refractivity contribution in [3.63, 3.8) is 0 Å². The largest absolute Gasteiger partial charge is 0.497 e. The Morgan fingerprint density at radius 1 is 1.13 bits per heavy atom. The van der Waals surface area contributed by atoms with Crippen LogP contribution < -0.4 is 19.5 Å². The zero-order chi connectivity index (χ0) is 22.0. The minimum atomic E-state index is -0.620. The molecule has 4 rings (SSSR count). The Morgan fingerprint density at radius 2 is 1.97 bits per heavy atom. The lowest BCUT2D eigenvalue weighted by molar-refractivity contribution is -0.119. The van der Waals surface area contributed by atoms with E-state index in [0.29, 0.717) is 35.8 Å². The summed E-state index contributed by atoms with van der Waals surface area (Å²) in [6.45, 7) is 0.490. The maximum absolute atomic E-state index is 13.4. The van der Waals surface area contributed by atoms with Crippen LogP contribution in [-0.4, -0.2) is 48.9 Å². The van der Waals surface area contributed by atoms with Gasteiger partial charge in [-0.05, 0) is 35.8 Å². The van der Waals surface area contributed by atoms with Crippen molar-refractivity contribution in [1.82, 2.24) is 4.90 Å². The molecule has 0 spiro atoms. The summed E-state index contributed by atoms with van der Waals surface area (Å²) in [4.78, 5) is 27.9. The zero-order valence-corrected chi connectivity index (χ0v) is 18.9. The van der Waals surface area contributed by atoms with Crippen molar-refractivity contribution >= 4 is 39.0 Å². The number of fused-ring (bicyclic) bond motifs is 2. The highest BCUT2D eigenvalue weighted by molar-refractivity contribution is 9.09. The van der Waals surface area contributed by atoms with Gasteiger partial charge in [0, 0.05) is 24.0 Å². The van der Waals surface area contributed by atoms with Gasteiger partial charge in [-0.15, -0.1) is 0 Å². The monoisotopic (exact) mass is 486 g/mol. The van der Waals surface area contributed by atoms with Gasteiger partial charge in [-0.1, -0.05) is 28.1 Å². The molecule has 1 N–H and O–H groups in total. The maximum atomic E-state index is 13.4. The number of nitrogens with zero attached hydrogens (tertiary/aromatic N) is 1. The van der Waals surface area contributed by atoms with E-state index in [1.807, 2.05) is 24.3 Å². The van der Waals surface area contributed by atoms with Crippen LogP contribution in [0.4, 0.5) is 5.69 Å². The molecule has 162 valence electrons. The fourth-order valence-electron chi connectivity index (χ4n) is 3.76. The van der Waals surface area contributed by atoms with Gasteiger partial charge in [-0.25, -0.2) is 0 Å². The normalized spacial score (nSPS) is 17.3. The molecule has 8 heteroatoms. The summed E-state index contributed by atoms with van der Waals surface area (Å²) in [5.74, 6) is 1.16. The third-order valence-electron chi connectivity index (χ3n) is 5.35. The molecule has 1 atom stereocenters. The second-order valence-corrected chi connectivity index (χ2v) is 8.04. The molecule has 7 nitrogen and oxygen atoms in total. The van der Waals surface area contributed by atoms with Crippen molar-refractivity contribution in [3.8, 4) is 17.2 Å². The Balaban J connectivity index is 1.69. The zero-order valence-electron chi connectivity index (χ0n) is 17.3. The van der Waals surface area contributed by atoms with E-state index in [1.165, 1.54) is 12.0 Å². The van der Waals surface area contributed by atoms with Gasteiger partial charge in [0.2, 0.25) is 5.91 Å². The van der Waals surface area contributed by atoms with Gasteiger partial charge in [0.15, 0.2) is 11.5 Å². The molecule has 0 bridgehead atoms. The van der Waals surface area contributed by atoms with Crippen LogP contribution in [0.15, 0.2) is 42.6 Å². The Bertz CT molecular complexity index is 1050. The summed E-state index contributed by atoms with van der Waals surface area (Å²) in [5.41, 5.74) is 2.61. The molecule has 0 unspecified atom stereocenters. The molecule has 0 saturated carbocycles. The number of hydrogen-bond acceptors (Lipinski definition) is 5. The molecule has 2 heterocycles. The Kier molecular flexibility index (Phi) is 6.18. The van der Waals surface area contributed by atoms with Crippen LogP contribution >= 0.6 is 15.9 Å². The van der Waals surface area contributed by atoms with Crippen LogP contribution in [0.5, 0.6) is 17.2 Å². The number of amides is 2. The van der Waals surface area contributed by atoms with Crippen molar-refractivity contribution in [3.05, 3.63) is 53.7 Å². The average molecular weight is 487 g/mol. The molecular weight excluding hydrogens is 464 g/mol. The summed E-state index contributed by atoms with van der Waals surface area (Å²) in [5, 5.41) is 3.71. The molecule has 0 aliphatic carbocycles. The van der Waals surface area contributed by atoms with E-state index in [4.69, 9.17) is 14.2 Å². The smallest absolute Gasteiger partial charge is 0.260 e. The molecule has 2 aromatic carbocycles. The number of rotatable bonds is 7. The number of ether oxygens (including phenoxy) is 3. The number of hydrogen-bond donors (Lipinski definition) is 1. The van der Waals surface area contributed by atoms with Gasteiger partial charge in [0.1, 0.15) is 11.8 Å². The molecule has 2 aliphatic rings. The topological polar surface area (TPSA) is 77.1 Å². The number of alkyl halides is 1. The molecule has 2 amide bonds. The van der Waals surface area contributed by atoms with Gasteiger partial charge in [0.05, 0.1) is 32.1 Å². The Labute approximate surface area is 189 Å². The molecule has 0 fully saturated rings. The van der Waals surface area contributed by atoms with Gasteiger partial charge >= 0.3 is 0 Å². The summed E-state index contributed by atoms with van der Waals surface area (Å²) in [6.07, 6.45) is 2.99. The fraction of sp³-hybridized carbons (Fsp3) is 0.304. The Morgan fingerprint density at radius 3 is 2.71 bits per heavy atom. The number of carbonyl (C=O) groups excluding carboxylic acids is 2. The summed E-state index contributed by atoms with van der Waals surface area (Å²) >= 11 is 3.37. The summed E-state index contributed by atoms with van der Waals surface area (Å²) < 4.78 is 16.5. The number of anilines is 1. The Hall–Kier alpha value is -3.00. The van der Waals surface area contributed by atoms with Crippen LogP contribution in [0.25, 0.3) is 5.57 Å². The lowest BCUT2D eigenvalue weighted by Crippen LogP contribution is -2.38. The van der Waals surface area contributed by atoms with Crippen LogP contribution in [0.3, 0.4) is 0 Å². The highest BCUT2D eigenvalue weighted by Crippen LogP contribution is 2.39. The predicted octanol–water partition coefficient (Wildman–Crippen LogP) is 4.08. The van der Waals surface area contributed by atoms with Crippen LogP contribution in [0, 0.1) is 0 Å². The van der Waals surface area contributed by atoms with Crippen molar-refractivity contribution in [2.45, 2.75) is 18.9 Å². The molecular formula is C23H23BrN2O5. The van der Waals surface area contributed by atoms with E-state index < -0.39 is 6.04 Å². The first-order chi connectivity index (χ1) is 15.0. The molecule has 2 aromatic rings. The van der Waals surface area contributed by atoms with Crippen LogP contribution in [-0.2, 0) is 4.79 Å². The van der Waals surface area contributed by atoms with Crippen molar-refractivity contribution in [2.24, 2.45) is 0 Å². The van der Waals surface area contributed by atoms with E-state index >= 15 is 0 Å². The standard InChI is InChI=1S/C23H23BrN2O5/c1-29-16-6-3-5-14(9-16)15-10-19-22(27)25-18-12-21(31-8-4-7-24)20(30-2)11-17(18)23(28)26(19)13-15/h3,5-6,9,11-13,19H,4,7-8,10H2,1-2H3,(H,25,27)/t19-/m0/s1. The number of carbonyl (C=O) groups is 2. The lowest BCUT2D eigenvalue weighted by Gasteiger charge is -2.18. The SMILES string of the molecule is COc1cccc(C2=CN3C(=O)c4cc(OC)c(OCCCBr)cc4NC(=O)[C@@H]3C2)c1. The fourth-order valence-corrected chi connectivity index (χ4v) is 3.98. The number of halogens is 1. The van der Waals surface area contributed by atoms with E-state index in [-0.39, 0.29) is 11.8 Å². The quantitative estimate of drug-likeness (QED) is 0.471. The maximum Gasteiger partial charge on any atom is 0.260 e. The number of nitrogens with one attached hydrogen (secondary N) is 1. The predicted molar refractivity (Wildman–Crippen MR) is 121 cm³/mol. The lowest BCUT2D eigenvalue weighted by atomic mass is 10.0. The molecule has 0 saturated heterocycles. The van der Waals surface area contributed by atoms with E-state index in [9.17, 15) is 9.59 Å².